The Balaban J connectivity index is 2.84. The number of rotatable bonds is 10. The fourth-order valence-corrected chi connectivity index (χ4v) is 22.2. The minimum absolute atomic E-state index is 1.37. The molecule has 0 saturated carbocycles. The van der Waals surface area contributed by atoms with Gasteiger partial charge in [-0.1, -0.05) is 0 Å². The van der Waals surface area contributed by atoms with Crippen LogP contribution in [0, 0.1) is 5.38 Å². The summed E-state index contributed by atoms with van der Waals surface area (Å²) in [7, 11) is 0. The Hall–Kier alpha value is 0.499. The number of thiophene rings is 1. The van der Waals surface area contributed by atoms with E-state index in [0.29, 0.717) is 0 Å². The molecule has 0 nitrogen and oxygen atoms in total. The van der Waals surface area contributed by atoms with E-state index in [1.54, 1.807) is 16.2 Å². The van der Waals surface area contributed by atoms with Gasteiger partial charge in [-0.3, -0.25) is 0 Å². The average molecular weight is 372 g/mol. The second-order valence-corrected chi connectivity index (χ2v) is 20.5. The third-order valence-corrected chi connectivity index (χ3v) is 23.1. The summed E-state index contributed by atoms with van der Waals surface area (Å²) in [5.74, 6) is 0. The summed E-state index contributed by atoms with van der Waals surface area (Å²) in [6.45, 7) is 7.03. The van der Waals surface area contributed by atoms with Crippen LogP contribution in [0.4, 0.5) is 0 Å². The zero-order valence-electron chi connectivity index (χ0n) is 12.4. The molecule has 0 spiro atoms. The second-order valence-electron chi connectivity index (χ2n) is 5.51. The van der Waals surface area contributed by atoms with Crippen molar-refractivity contribution in [3.8, 4) is 0 Å². The van der Waals surface area contributed by atoms with E-state index in [1.165, 1.54) is 38.5 Å². The van der Waals surface area contributed by atoms with E-state index in [2.05, 4.69) is 38.3 Å². The summed E-state index contributed by atoms with van der Waals surface area (Å²) in [6, 6.07) is 4.58. The maximum absolute atomic E-state index is 3.36. The summed E-state index contributed by atoms with van der Waals surface area (Å²) < 4.78 is 6.55. The van der Waals surface area contributed by atoms with Gasteiger partial charge in [0.05, 0.1) is 0 Å². The molecule has 1 radical (unpaired) electrons. The van der Waals surface area contributed by atoms with Crippen molar-refractivity contribution >= 4 is 32.6 Å². The van der Waals surface area contributed by atoms with Crippen LogP contribution in [0.5, 0.6) is 0 Å². The number of unbranched alkanes of at least 4 members (excludes halogenated alkanes) is 3. The Morgan fingerprint density at radius 2 is 1.44 bits per heavy atom. The molecule has 0 fully saturated rings. The third-order valence-electron chi connectivity index (χ3n) is 4.02. The molecule has 2 heteroatoms. The summed E-state index contributed by atoms with van der Waals surface area (Å²) in [5, 5.41) is 3.36. The van der Waals surface area contributed by atoms with E-state index >= 15 is 0 Å². The molecular weight excluding hydrogens is 343 g/mol. The van der Waals surface area contributed by atoms with E-state index < -0.39 is 18.4 Å². The first-order valence-corrected chi connectivity index (χ1v) is 16.0. The van der Waals surface area contributed by atoms with Crippen LogP contribution in [0.1, 0.15) is 59.3 Å². The molecule has 103 valence electrons. The molecule has 0 saturated heterocycles. The summed E-state index contributed by atoms with van der Waals surface area (Å²) in [5.41, 5.74) is 0. The van der Waals surface area contributed by atoms with E-state index in [4.69, 9.17) is 0 Å². The number of hydrogen-bond donors (Lipinski definition) is 0. The molecule has 0 unspecified atom stereocenters. The topological polar surface area (TPSA) is 0 Å². The predicted octanol–water partition coefficient (Wildman–Crippen LogP) is 5.60. The van der Waals surface area contributed by atoms with Gasteiger partial charge < -0.3 is 0 Å². The maximum atomic E-state index is 3.36. The van der Waals surface area contributed by atoms with E-state index in [9.17, 15) is 0 Å². The summed E-state index contributed by atoms with van der Waals surface area (Å²) in [6.07, 6.45) is 8.48. The van der Waals surface area contributed by atoms with Crippen LogP contribution >= 0.6 is 11.3 Å². The van der Waals surface area contributed by atoms with Gasteiger partial charge in [0.15, 0.2) is 0 Å². The second kappa shape index (κ2) is 9.41. The minimum atomic E-state index is -2.04. The van der Waals surface area contributed by atoms with Gasteiger partial charge in [-0.15, -0.1) is 0 Å². The Morgan fingerprint density at radius 1 is 0.944 bits per heavy atom. The molecule has 0 atom stereocenters. The normalized spacial score (nSPS) is 11.9. The van der Waals surface area contributed by atoms with Gasteiger partial charge in [0, 0.05) is 0 Å². The fourth-order valence-electron chi connectivity index (χ4n) is 2.82. The van der Waals surface area contributed by atoms with Crippen LogP contribution in [-0.2, 0) is 0 Å². The van der Waals surface area contributed by atoms with Crippen molar-refractivity contribution in [3.05, 3.63) is 17.5 Å². The zero-order chi connectivity index (χ0) is 13.3. The van der Waals surface area contributed by atoms with Gasteiger partial charge in [-0.2, -0.15) is 0 Å². The Labute approximate surface area is 122 Å². The van der Waals surface area contributed by atoms with Gasteiger partial charge in [0.1, 0.15) is 0 Å². The zero-order valence-corrected chi connectivity index (χ0v) is 16.1. The molecule has 1 aromatic rings. The molecule has 0 amide bonds. The quantitative estimate of drug-likeness (QED) is 0.469. The Morgan fingerprint density at radius 3 is 1.78 bits per heavy atom. The third kappa shape index (κ3) is 4.88. The molecule has 0 N–H and O–H groups in total. The average Bonchev–Trinajstić information content (AvgIpc) is 2.93. The molecule has 1 rings (SSSR count). The molecule has 18 heavy (non-hydrogen) atoms. The van der Waals surface area contributed by atoms with Crippen LogP contribution in [-0.4, -0.2) is 18.4 Å². The fraction of sp³-hybridized carbons (Fsp3) is 0.750. The van der Waals surface area contributed by atoms with Crippen LogP contribution in [0.15, 0.2) is 12.1 Å². The van der Waals surface area contributed by atoms with Crippen LogP contribution in [0.3, 0.4) is 0 Å². The molecule has 0 aliphatic heterocycles. The van der Waals surface area contributed by atoms with Crippen molar-refractivity contribution in [3.63, 3.8) is 0 Å². The van der Waals surface area contributed by atoms with Crippen LogP contribution in [0.25, 0.3) is 0 Å². The molecule has 0 aromatic carbocycles. The van der Waals surface area contributed by atoms with E-state index in [1.807, 2.05) is 11.3 Å². The van der Waals surface area contributed by atoms with Gasteiger partial charge in [0.25, 0.3) is 0 Å². The van der Waals surface area contributed by atoms with Gasteiger partial charge in [0.2, 0.25) is 0 Å². The molecular formula is C16H29SSn. The first-order valence-electron chi connectivity index (χ1n) is 7.75. The Bertz CT molecular complexity index is 270. The predicted molar refractivity (Wildman–Crippen MR) is 87.7 cm³/mol. The van der Waals surface area contributed by atoms with Crippen molar-refractivity contribution in [1.82, 2.24) is 0 Å². The van der Waals surface area contributed by atoms with Crippen molar-refractivity contribution < 1.29 is 0 Å². The van der Waals surface area contributed by atoms with Crippen molar-refractivity contribution in [2.75, 3.05) is 0 Å². The van der Waals surface area contributed by atoms with Crippen molar-refractivity contribution in [2.24, 2.45) is 0 Å². The van der Waals surface area contributed by atoms with Crippen molar-refractivity contribution in [2.45, 2.75) is 72.6 Å². The van der Waals surface area contributed by atoms with Gasteiger partial charge >= 0.3 is 123 Å². The molecule has 0 bridgehead atoms. The first kappa shape index (κ1) is 16.6. The molecule has 0 aliphatic rings. The number of hydrogen-bond acceptors (Lipinski definition) is 1. The van der Waals surface area contributed by atoms with Crippen molar-refractivity contribution in [1.29, 1.82) is 0 Å². The van der Waals surface area contributed by atoms with Gasteiger partial charge in [-0.25, -0.2) is 0 Å². The van der Waals surface area contributed by atoms with Crippen LogP contribution in [0.2, 0.25) is 13.3 Å². The molecule has 1 aromatic heterocycles. The van der Waals surface area contributed by atoms with Crippen LogP contribution < -0.4 is 2.89 Å². The SMILES string of the molecule is CCC[CH2][Sn]([CH2]CCC)([CH2]CCC)[c]1cc[c]s1. The first-order chi connectivity index (χ1) is 8.79. The van der Waals surface area contributed by atoms with E-state index in [-0.39, 0.29) is 0 Å². The summed E-state index contributed by atoms with van der Waals surface area (Å²) >= 11 is -0.0955. The molecule has 1 heterocycles. The summed E-state index contributed by atoms with van der Waals surface area (Å²) in [4.78, 5) is 0. The standard InChI is InChI=1S/C4H2S.3C4H9.Sn/c1-2-4-5-3-1;3*1-3-4-2;/h1-2H;3*1,3-4H2,2H3;. The molecule has 0 aliphatic carbocycles. The van der Waals surface area contributed by atoms with Gasteiger partial charge in [-0.05, 0) is 0 Å². The Kier molecular flexibility index (Phi) is 8.65. The van der Waals surface area contributed by atoms with E-state index in [0.717, 1.165) is 0 Å². The monoisotopic (exact) mass is 373 g/mol.